The number of nitrogens with zero attached hydrogens (tertiary/aromatic N) is 2. The van der Waals surface area contributed by atoms with Gasteiger partial charge in [-0.25, -0.2) is 9.97 Å². The summed E-state index contributed by atoms with van der Waals surface area (Å²) in [4.78, 5) is 8.91. The number of aromatic nitrogens is 2. The molecule has 2 aromatic carbocycles. The predicted molar refractivity (Wildman–Crippen MR) is 84.5 cm³/mol. The Morgan fingerprint density at radius 2 is 1.81 bits per heavy atom. The van der Waals surface area contributed by atoms with E-state index in [1.54, 1.807) is 0 Å². The molecule has 4 aromatic rings. The molecule has 0 spiro atoms. The van der Waals surface area contributed by atoms with Crippen LogP contribution in [0.5, 0.6) is 0 Å². The summed E-state index contributed by atoms with van der Waals surface area (Å²) in [6.45, 7) is 2.05. The molecule has 0 saturated carbocycles. The number of benzene rings is 2. The lowest BCUT2D eigenvalue weighted by Crippen LogP contribution is -1.87. The molecule has 0 aliphatic heterocycles. The number of aryl methyl sites for hydroxylation is 1. The van der Waals surface area contributed by atoms with Crippen molar-refractivity contribution in [2.75, 3.05) is 0 Å². The molecule has 0 aliphatic carbocycles. The van der Waals surface area contributed by atoms with Crippen molar-refractivity contribution < 1.29 is 4.42 Å². The molecule has 0 saturated heterocycles. The lowest BCUT2D eigenvalue weighted by molar-refractivity contribution is 0.619. The third-order valence-electron chi connectivity index (χ3n) is 3.45. The van der Waals surface area contributed by atoms with Gasteiger partial charge in [-0.3, -0.25) is 0 Å². The zero-order valence-electron chi connectivity index (χ0n) is 11.3. The van der Waals surface area contributed by atoms with E-state index in [9.17, 15) is 0 Å². The van der Waals surface area contributed by atoms with E-state index < -0.39 is 0 Å². The second kappa shape index (κ2) is 4.57. The molecule has 2 aromatic heterocycles. The molecule has 21 heavy (non-hydrogen) atoms. The Hall–Kier alpha value is -2.39. The summed E-state index contributed by atoms with van der Waals surface area (Å²) in [5.74, 6) is 0.497. The van der Waals surface area contributed by atoms with E-state index in [1.165, 1.54) is 5.56 Å². The zero-order valence-corrected chi connectivity index (χ0v) is 12.1. The number of hydrogen-bond donors (Lipinski definition) is 0. The molecule has 3 nitrogen and oxygen atoms in total. The van der Waals surface area contributed by atoms with Crippen LogP contribution < -0.4 is 0 Å². The second-order valence-corrected chi connectivity index (χ2v) is 5.37. The van der Waals surface area contributed by atoms with Crippen molar-refractivity contribution in [2.24, 2.45) is 0 Å². The summed E-state index contributed by atoms with van der Waals surface area (Å²) < 4.78 is 5.78. The normalized spacial score (nSPS) is 11.3. The highest BCUT2D eigenvalue weighted by molar-refractivity contribution is 6.32. The summed E-state index contributed by atoms with van der Waals surface area (Å²) in [5, 5.41) is 1.43. The van der Waals surface area contributed by atoms with Crippen LogP contribution in [0, 0.1) is 6.92 Å². The van der Waals surface area contributed by atoms with Crippen LogP contribution in [0.3, 0.4) is 0 Å². The fourth-order valence-electron chi connectivity index (χ4n) is 2.41. The largest absolute Gasteiger partial charge is 0.436 e. The monoisotopic (exact) mass is 294 g/mol. The van der Waals surface area contributed by atoms with E-state index in [4.69, 9.17) is 16.0 Å². The minimum atomic E-state index is 0.401. The number of oxazole rings is 1. The average Bonchev–Trinajstić information content (AvgIpc) is 2.90. The number of rotatable bonds is 1. The van der Waals surface area contributed by atoms with Crippen molar-refractivity contribution in [1.82, 2.24) is 9.97 Å². The van der Waals surface area contributed by atoms with Crippen molar-refractivity contribution in [1.29, 1.82) is 0 Å². The summed E-state index contributed by atoms with van der Waals surface area (Å²) in [5.41, 5.74) is 4.31. The Bertz CT molecular complexity index is 942. The van der Waals surface area contributed by atoms with E-state index in [2.05, 4.69) is 16.0 Å². The smallest absolute Gasteiger partial charge is 0.230 e. The quantitative estimate of drug-likeness (QED) is 0.463. The van der Waals surface area contributed by atoms with Gasteiger partial charge in [-0.2, -0.15) is 0 Å². The summed E-state index contributed by atoms with van der Waals surface area (Å²) >= 11 is 6.29. The van der Waals surface area contributed by atoms with Gasteiger partial charge in [0.1, 0.15) is 10.7 Å². The first-order valence-electron chi connectivity index (χ1n) is 6.63. The van der Waals surface area contributed by atoms with Gasteiger partial charge in [0.2, 0.25) is 5.89 Å². The Labute approximate surface area is 126 Å². The summed E-state index contributed by atoms with van der Waals surface area (Å²) in [7, 11) is 0. The molecular formula is C17H11ClN2O. The molecule has 4 heteroatoms. The molecule has 0 atom stereocenters. The Morgan fingerprint density at radius 3 is 2.67 bits per heavy atom. The topological polar surface area (TPSA) is 38.9 Å². The van der Waals surface area contributed by atoms with Crippen molar-refractivity contribution in [3.8, 4) is 11.5 Å². The third-order valence-corrected chi connectivity index (χ3v) is 3.74. The van der Waals surface area contributed by atoms with Crippen molar-refractivity contribution in [3.63, 3.8) is 0 Å². The third kappa shape index (κ3) is 2.06. The summed E-state index contributed by atoms with van der Waals surface area (Å²) in [6.07, 6.45) is 0. The minimum absolute atomic E-state index is 0.401. The van der Waals surface area contributed by atoms with Gasteiger partial charge in [-0.15, -0.1) is 0 Å². The Morgan fingerprint density at radius 1 is 0.952 bits per heavy atom. The molecule has 0 radical (unpaired) electrons. The SMILES string of the molecule is Cc1ccc2nc(Cl)c(-c3nc4ccccc4o3)cc2c1. The predicted octanol–water partition coefficient (Wildman–Crippen LogP) is 5.00. The Balaban J connectivity index is 1.98. The number of pyridine rings is 1. The molecule has 0 amide bonds. The van der Waals surface area contributed by atoms with Crippen molar-refractivity contribution in [2.45, 2.75) is 6.92 Å². The lowest BCUT2D eigenvalue weighted by Gasteiger charge is -2.03. The lowest BCUT2D eigenvalue weighted by atomic mass is 10.1. The highest BCUT2D eigenvalue weighted by atomic mass is 35.5. The molecule has 2 heterocycles. The van der Waals surface area contributed by atoms with Crippen LogP contribution in [0.1, 0.15) is 5.56 Å². The van der Waals surface area contributed by atoms with Crippen LogP contribution in [-0.2, 0) is 0 Å². The molecule has 0 fully saturated rings. The fraction of sp³-hybridized carbons (Fsp3) is 0.0588. The first-order valence-corrected chi connectivity index (χ1v) is 7.01. The maximum Gasteiger partial charge on any atom is 0.230 e. The Kier molecular flexibility index (Phi) is 2.69. The van der Waals surface area contributed by atoms with Crippen LogP contribution in [0.15, 0.2) is 52.9 Å². The van der Waals surface area contributed by atoms with Crippen molar-refractivity contribution >= 4 is 33.6 Å². The number of halogens is 1. The average molecular weight is 295 g/mol. The fourth-order valence-corrected chi connectivity index (χ4v) is 2.64. The summed E-state index contributed by atoms with van der Waals surface area (Å²) in [6, 6.07) is 15.7. The van der Waals surface area contributed by atoms with Gasteiger partial charge in [0, 0.05) is 5.39 Å². The van der Waals surface area contributed by atoms with Crippen LogP contribution in [-0.4, -0.2) is 9.97 Å². The molecule has 102 valence electrons. The maximum absolute atomic E-state index is 6.29. The van der Waals surface area contributed by atoms with E-state index in [0.717, 1.165) is 22.0 Å². The van der Waals surface area contributed by atoms with Crippen LogP contribution in [0.2, 0.25) is 5.15 Å². The zero-order chi connectivity index (χ0) is 14.4. The standard InChI is InChI=1S/C17H11ClN2O/c1-10-6-7-13-11(8-10)9-12(16(18)19-13)17-20-14-4-2-3-5-15(14)21-17/h2-9H,1H3. The van der Waals surface area contributed by atoms with Gasteiger partial charge in [-0.1, -0.05) is 35.4 Å². The van der Waals surface area contributed by atoms with Crippen LogP contribution in [0.25, 0.3) is 33.5 Å². The van der Waals surface area contributed by atoms with Gasteiger partial charge in [0.25, 0.3) is 0 Å². The number of para-hydroxylation sites is 2. The molecule has 0 unspecified atom stereocenters. The van der Waals surface area contributed by atoms with Gasteiger partial charge in [0.05, 0.1) is 11.1 Å². The minimum Gasteiger partial charge on any atom is -0.436 e. The maximum atomic E-state index is 6.29. The van der Waals surface area contributed by atoms with Gasteiger partial charge in [0.15, 0.2) is 5.58 Å². The molecule has 4 rings (SSSR count). The van der Waals surface area contributed by atoms with E-state index in [1.807, 2.05) is 49.4 Å². The van der Waals surface area contributed by atoms with E-state index in [0.29, 0.717) is 16.6 Å². The van der Waals surface area contributed by atoms with Crippen LogP contribution in [0.4, 0.5) is 0 Å². The first-order chi connectivity index (χ1) is 10.2. The number of fused-ring (bicyclic) bond motifs is 2. The van der Waals surface area contributed by atoms with E-state index >= 15 is 0 Å². The van der Waals surface area contributed by atoms with Crippen molar-refractivity contribution in [3.05, 3.63) is 59.2 Å². The molecule has 0 bridgehead atoms. The van der Waals surface area contributed by atoms with Gasteiger partial charge in [-0.05, 0) is 37.3 Å². The molecule has 0 N–H and O–H groups in total. The molecular weight excluding hydrogens is 284 g/mol. The van der Waals surface area contributed by atoms with Gasteiger partial charge < -0.3 is 4.42 Å². The van der Waals surface area contributed by atoms with Gasteiger partial charge >= 0.3 is 0 Å². The first kappa shape index (κ1) is 12.4. The highest BCUT2D eigenvalue weighted by Crippen LogP contribution is 2.31. The highest BCUT2D eigenvalue weighted by Gasteiger charge is 2.13. The van der Waals surface area contributed by atoms with Crippen LogP contribution >= 0.6 is 11.6 Å². The number of hydrogen-bond acceptors (Lipinski definition) is 3. The second-order valence-electron chi connectivity index (χ2n) is 5.01. The van der Waals surface area contributed by atoms with E-state index in [-0.39, 0.29) is 0 Å². The molecule has 0 aliphatic rings.